The molecule has 0 saturated carbocycles. The lowest BCUT2D eigenvalue weighted by atomic mass is 9.90. The normalized spacial score (nSPS) is 15.2. The standard InChI is InChI=1S/C13H17Cl3O3S/c1-9-5-7-10(8-6-9)20(17,18)19-11(12(2,3)4)13(14,15)16/h5-8,11H,1-4H3. The van der Waals surface area contributed by atoms with E-state index in [1.165, 1.54) is 12.1 Å². The molecular formula is C13H17Cl3O3S. The van der Waals surface area contributed by atoms with Gasteiger partial charge >= 0.3 is 0 Å². The minimum absolute atomic E-state index is 0.0339. The Bertz CT molecular complexity index is 540. The van der Waals surface area contributed by atoms with Gasteiger partial charge in [0.2, 0.25) is 3.79 Å². The highest BCUT2D eigenvalue weighted by molar-refractivity contribution is 7.86. The first-order valence-electron chi connectivity index (χ1n) is 5.91. The molecule has 114 valence electrons. The lowest BCUT2D eigenvalue weighted by Crippen LogP contribution is -2.42. The first kappa shape index (κ1) is 18.1. The highest BCUT2D eigenvalue weighted by Gasteiger charge is 2.45. The average Bonchev–Trinajstić information content (AvgIpc) is 2.23. The second-order valence-electron chi connectivity index (χ2n) is 5.65. The molecule has 0 amide bonds. The minimum atomic E-state index is -4.00. The third-order valence-corrected chi connectivity index (χ3v) is 4.51. The molecular weight excluding hydrogens is 343 g/mol. The minimum Gasteiger partial charge on any atom is -0.258 e. The van der Waals surface area contributed by atoms with Crippen LogP contribution in [0.25, 0.3) is 0 Å². The summed E-state index contributed by atoms with van der Waals surface area (Å²) in [5.41, 5.74) is 0.279. The zero-order valence-electron chi connectivity index (χ0n) is 11.7. The molecule has 0 aliphatic carbocycles. The lowest BCUT2D eigenvalue weighted by molar-refractivity contribution is 0.0964. The van der Waals surface area contributed by atoms with Gasteiger partial charge in [-0.2, -0.15) is 8.42 Å². The fraction of sp³-hybridized carbons (Fsp3) is 0.538. The molecule has 1 aromatic rings. The van der Waals surface area contributed by atoms with Crippen LogP contribution in [-0.4, -0.2) is 18.3 Å². The average molecular weight is 360 g/mol. The monoisotopic (exact) mass is 358 g/mol. The predicted octanol–water partition coefficient (Wildman–Crippen LogP) is 4.49. The smallest absolute Gasteiger partial charge is 0.258 e. The van der Waals surface area contributed by atoms with E-state index < -0.39 is 25.4 Å². The van der Waals surface area contributed by atoms with E-state index in [1.807, 2.05) is 6.92 Å². The Balaban J connectivity index is 3.13. The van der Waals surface area contributed by atoms with E-state index in [2.05, 4.69) is 0 Å². The molecule has 0 N–H and O–H groups in total. The van der Waals surface area contributed by atoms with Crippen LogP contribution in [0.4, 0.5) is 0 Å². The van der Waals surface area contributed by atoms with Crippen LogP contribution in [0.5, 0.6) is 0 Å². The second kappa shape index (κ2) is 6.01. The molecule has 1 rings (SSSR count). The molecule has 7 heteroatoms. The third-order valence-electron chi connectivity index (χ3n) is 2.62. The van der Waals surface area contributed by atoms with Gasteiger partial charge in [0.1, 0.15) is 6.10 Å². The maximum atomic E-state index is 12.2. The number of halogens is 3. The van der Waals surface area contributed by atoms with Crippen LogP contribution < -0.4 is 0 Å². The van der Waals surface area contributed by atoms with E-state index in [0.29, 0.717) is 0 Å². The molecule has 3 nitrogen and oxygen atoms in total. The van der Waals surface area contributed by atoms with Crippen molar-refractivity contribution in [3.63, 3.8) is 0 Å². The number of rotatable bonds is 3. The molecule has 0 aliphatic heterocycles. The molecule has 0 spiro atoms. The quantitative estimate of drug-likeness (QED) is 0.590. The Hall–Kier alpha value is -0.000000000000000167. The zero-order valence-corrected chi connectivity index (χ0v) is 14.7. The van der Waals surface area contributed by atoms with Crippen molar-refractivity contribution in [1.29, 1.82) is 0 Å². The summed E-state index contributed by atoms with van der Waals surface area (Å²) in [6, 6.07) is 6.28. The van der Waals surface area contributed by atoms with Crippen molar-refractivity contribution < 1.29 is 12.6 Å². The third kappa shape index (κ3) is 4.78. The van der Waals surface area contributed by atoms with Gasteiger partial charge < -0.3 is 0 Å². The summed E-state index contributed by atoms with van der Waals surface area (Å²) >= 11 is 17.5. The fourth-order valence-electron chi connectivity index (χ4n) is 1.58. The van der Waals surface area contributed by atoms with E-state index in [1.54, 1.807) is 32.9 Å². The van der Waals surface area contributed by atoms with E-state index in [-0.39, 0.29) is 4.90 Å². The van der Waals surface area contributed by atoms with Crippen LogP contribution in [0.2, 0.25) is 0 Å². The van der Waals surface area contributed by atoms with Crippen LogP contribution in [-0.2, 0) is 14.3 Å². The predicted molar refractivity (Wildman–Crippen MR) is 83.0 cm³/mol. The van der Waals surface area contributed by atoms with Gasteiger partial charge in [0.05, 0.1) is 4.90 Å². The van der Waals surface area contributed by atoms with E-state index in [4.69, 9.17) is 39.0 Å². The lowest BCUT2D eigenvalue weighted by Gasteiger charge is -2.34. The molecule has 1 unspecified atom stereocenters. The molecule has 0 radical (unpaired) electrons. The molecule has 0 saturated heterocycles. The number of benzene rings is 1. The van der Waals surface area contributed by atoms with Gasteiger partial charge in [0.15, 0.2) is 0 Å². The topological polar surface area (TPSA) is 43.4 Å². The van der Waals surface area contributed by atoms with Crippen molar-refractivity contribution in [2.24, 2.45) is 5.41 Å². The number of hydrogen-bond acceptors (Lipinski definition) is 3. The van der Waals surface area contributed by atoms with Gasteiger partial charge in [-0.1, -0.05) is 73.3 Å². The molecule has 0 heterocycles. The Morgan fingerprint density at radius 2 is 1.50 bits per heavy atom. The maximum absolute atomic E-state index is 12.2. The van der Waals surface area contributed by atoms with E-state index >= 15 is 0 Å². The highest BCUT2D eigenvalue weighted by Crippen LogP contribution is 2.42. The largest absolute Gasteiger partial charge is 0.297 e. The number of hydrogen-bond donors (Lipinski definition) is 0. The van der Waals surface area contributed by atoms with Gasteiger partial charge in [-0.3, -0.25) is 4.18 Å². The molecule has 0 aliphatic rings. The Morgan fingerprint density at radius 1 is 1.05 bits per heavy atom. The molecule has 20 heavy (non-hydrogen) atoms. The van der Waals surface area contributed by atoms with Crippen molar-refractivity contribution in [3.8, 4) is 0 Å². The zero-order chi connectivity index (χ0) is 15.8. The van der Waals surface area contributed by atoms with Crippen molar-refractivity contribution in [3.05, 3.63) is 29.8 Å². The molecule has 1 aromatic carbocycles. The first-order chi connectivity index (χ1) is 8.84. The SMILES string of the molecule is Cc1ccc(S(=O)(=O)OC(C(C)(C)C)C(Cl)(Cl)Cl)cc1. The summed E-state index contributed by atoms with van der Waals surface area (Å²) in [6.07, 6.45) is -1.11. The van der Waals surface area contributed by atoms with Crippen LogP contribution >= 0.6 is 34.8 Å². The Labute approximate surface area is 135 Å². The fourth-order valence-corrected chi connectivity index (χ4v) is 4.12. The van der Waals surface area contributed by atoms with Crippen molar-refractivity contribution >= 4 is 44.9 Å². The second-order valence-corrected chi connectivity index (χ2v) is 9.59. The number of alkyl halides is 3. The van der Waals surface area contributed by atoms with Crippen LogP contribution in [0.15, 0.2) is 29.2 Å². The summed E-state index contributed by atoms with van der Waals surface area (Å²) in [7, 11) is -4.00. The van der Waals surface area contributed by atoms with E-state index in [9.17, 15) is 8.42 Å². The summed E-state index contributed by atoms with van der Waals surface area (Å²) < 4.78 is 27.8. The highest BCUT2D eigenvalue weighted by atomic mass is 35.6. The summed E-state index contributed by atoms with van der Waals surface area (Å²) in [4.78, 5) is 0.0339. The summed E-state index contributed by atoms with van der Waals surface area (Å²) in [6.45, 7) is 7.08. The molecule has 0 aromatic heterocycles. The Morgan fingerprint density at radius 3 is 1.85 bits per heavy atom. The van der Waals surface area contributed by atoms with Crippen molar-refractivity contribution in [1.82, 2.24) is 0 Å². The van der Waals surface area contributed by atoms with Gasteiger partial charge in [-0.15, -0.1) is 0 Å². The van der Waals surface area contributed by atoms with Gasteiger partial charge in [-0.05, 0) is 24.5 Å². The molecule has 1 atom stereocenters. The van der Waals surface area contributed by atoms with E-state index in [0.717, 1.165) is 5.56 Å². The first-order valence-corrected chi connectivity index (χ1v) is 8.45. The van der Waals surface area contributed by atoms with Crippen molar-refractivity contribution in [2.75, 3.05) is 0 Å². The summed E-state index contributed by atoms with van der Waals surface area (Å²) in [5.74, 6) is 0. The van der Waals surface area contributed by atoms with Crippen LogP contribution in [0, 0.1) is 12.3 Å². The Kier molecular flexibility index (Phi) is 5.43. The maximum Gasteiger partial charge on any atom is 0.297 e. The van der Waals surface area contributed by atoms with Gasteiger partial charge in [0, 0.05) is 0 Å². The molecule has 0 bridgehead atoms. The summed E-state index contributed by atoms with van der Waals surface area (Å²) in [5, 5.41) is 0. The van der Waals surface area contributed by atoms with Crippen LogP contribution in [0.3, 0.4) is 0 Å². The van der Waals surface area contributed by atoms with Crippen molar-refractivity contribution in [2.45, 2.75) is 42.5 Å². The van der Waals surface area contributed by atoms with Crippen LogP contribution in [0.1, 0.15) is 26.3 Å². The number of aryl methyl sites for hydroxylation is 1. The van der Waals surface area contributed by atoms with Gasteiger partial charge in [-0.25, -0.2) is 0 Å². The molecule has 0 fully saturated rings. The van der Waals surface area contributed by atoms with Gasteiger partial charge in [0.25, 0.3) is 10.1 Å².